The Hall–Kier alpha value is -5.87. The van der Waals surface area contributed by atoms with Crippen molar-refractivity contribution in [2.24, 2.45) is 0 Å². The molecular weight excluding hydrogens is 524 g/mol. The van der Waals surface area contributed by atoms with Crippen LogP contribution in [-0.4, -0.2) is 19.4 Å². The number of hydrogen-bond acceptors (Lipinski definition) is 3. The Bertz CT molecular complexity index is 2370. The van der Waals surface area contributed by atoms with E-state index in [1.54, 1.807) is 0 Å². The Kier molecular flexibility index (Phi) is 5.16. The zero-order valence-electron chi connectivity index (χ0n) is 23.1. The van der Waals surface area contributed by atoms with Crippen LogP contribution in [0.4, 0.5) is 0 Å². The van der Waals surface area contributed by atoms with E-state index in [0.717, 1.165) is 22.3 Å². The predicted octanol–water partition coefficient (Wildman–Crippen LogP) is 9.69. The summed E-state index contributed by atoms with van der Waals surface area (Å²) in [6, 6.07) is 50.8. The number of para-hydroxylation sites is 2. The lowest BCUT2D eigenvalue weighted by Crippen LogP contribution is -2.00. The van der Waals surface area contributed by atoms with Crippen LogP contribution in [0.3, 0.4) is 0 Å². The molecule has 0 atom stereocenters. The maximum absolute atomic E-state index is 4.89. The molecule has 3 aromatic heterocycles. The third-order valence-electron chi connectivity index (χ3n) is 8.40. The normalized spacial score (nSPS) is 11.7. The molecule has 200 valence electrons. The topological polar surface area (TPSA) is 43.1 Å². The molecule has 4 heteroatoms. The Balaban J connectivity index is 1.16. The van der Waals surface area contributed by atoms with E-state index in [1.807, 2.05) is 60.7 Å². The van der Waals surface area contributed by atoms with E-state index < -0.39 is 0 Å². The van der Waals surface area contributed by atoms with Crippen LogP contribution in [0.2, 0.25) is 0 Å². The van der Waals surface area contributed by atoms with Gasteiger partial charge in [-0.1, -0.05) is 133 Å². The molecule has 0 aliphatic carbocycles. The summed E-state index contributed by atoms with van der Waals surface area (Å²) in [7, 11) is 0. The minimum absolute atomic E-state index is 0.657. The van der Waals surface area contributed by atoms with Crippen molar-refractivity contribution < 1.29 is 0 Å². The minimum atomic E-state index is 0.657. The Morgan fingerprint density at radius 2 is 0.791 bits per heavy atom. The second-order valence-corrected chi connectivity index (χ2v) is 10.9. The van der Waals surface area contributed by atoms with Crippen molar-refractivity contribution in [3.05, 3.63) is 146 Å². The first-order valence-electron chi connectivity index (χ1n) is 14.5. The zero-order chi connectivity index (χ0) is 28.3. The van der Waals surface area contributed by atoms with Gasteiger partial charge in [0.25, 0.3) is 0 Å². The quantitative estimate of drug-likeness (QED) is 0.220. The number of nitrogens with zero attached hydrogens (tertiary/aromatic N) is 4. The lowest BCUT2D eigenvalue weighted by Gasteiger charge is -2.09. The van der Waals surface area contributed by atoms with Gasteiger partial charge in [-0.15, -0.1) is 0 Å². The summed E-state index contributed by atoms with van der Waals surface area (Å²) in [5.74, 6) is 1.99. The van der Waals surface area contributed by atoms with E-state index >= 15 is 0 Å². The summed E-state index contributed by atoms with van der Waals surface area (Å²) in [6.07, 6.45) is 0. The molecule has 0 bridgehead atoms. The molecule has 6 aromatic carbocycles. The molecule has 0 aliphatic heterocycles. The summed E-state index contributed by atoms with van der Waals surface area (Å²) in [4.78, 5) is 14.6. The molecule has 0 unspecified atom stereocenters. The lowest BCUT2D eigenvalue weighted by atomic mass is 10.0. The molecule has 4 nitrogen and oxygen atoms in total. The summed E-state index contributed by atoms with van der Waals surface area (Å²) >= 11 is 0. The molecule has 43 heavy (non-hydrogen) atoms. The molecule has 0 saturated heterocycles. The number of aromatic nitrogens is 4. The number of rotatable bonds is 4. The molecule has 9 rings (SSSR count). The van der Waals surface area contributed by atoms with Crippen LogP contribution >= 0.6 is 0 Å². The van der Waals surface area contributed by atoms with Crippen LogP contribution in [0, 0.1) is 0 Å². The predicted molar refractivity (Wildman–Crippen MR) is 176 cm³/mol. The molecule has 0 saturated carbocycles. The Labute approximate surface area is 247 Å². The molecule has 0 fully saturated rings. The van der Waals surface area contributed by atoms with Crippen molar-refractivity contribution in [1.29, 1.82) is 0 Å². The van der Waals surface area contributed by atoms with Gasteiger partial charge in [0.15, 0.2) is 17.5 Å². The van der Waals surface area contributed by atoms with Crippen LogP contribution in [0.1, 0.15) is 0 Å². The molecule has 0 aliphatic rings. The number of hydrogen-bond donors (Lipinski definition) is 0. The largest absolute Gasteiger partial charge is 0.308 e. The van der Waals surface area contributed by atoms with Gasteiger partial charge in [-0.2, -0.15) is 0 Å². The van der Waals surface area contributed by atoms with Crippen LogP contribution in [0.25, 0.3) is 83.4 Å². The summed E-state index contributed by atoms with van der Waals surface area (Å²) < 4.78 is 2.42. The molecule has 0 amide bonds. The smallest absolute Gasteiger partial charge is 0.164 e. The highest BCUT2D eigenvalue weighted by Gasteiger charge is 2.17. The van der Waals surface area contributed by atoms with Gasteiger partial charge < -0.3 is 4.40 Å². The highest BCUT2D eigenvalue weighted by atomic mass is 15.0. The molecule has 9 aromatic rings. The first-order valence-corrected chi connectivity index (χ1v) is 14.5. The van der Waals surface area contributed by atoms with Gasteiger partial charge in [-0.25, -0.2) is 15.0 Å². The van der Waals surface area contributed by atoms with E-state index in [0.29, 0.717) is 17.5 Å². The Morgan fingerprint density at radius 1 is 0.326 bits per heavy atom. The van der Waals surface area contributed by atoms with Gasteiger partial charge in [0.2, 0.25) is 0 Å². The first kappa shape index (κ1) is 23.8. The lowest BCUT2D eigenvalue weighted by molar-refractivity contribution is 1.07. The van der Waals surface area contributed by atoms with Gasteiger partial charge in [-0.3, -0.25) is 0 Å². The van der Waals surface area contributed by atoms with Crippen molar-refractivity contribution in [2.75, 3.05) is 0 Å². The molecule has 0 spiro atoms. The van der Waals surface area contributed by atoms with E-state index in [1.165, 1.54) is 43.7 Å². The van der Waals surface area contributed by atoms with Crippen molar-refractivity contribution in [1.82, 2.24) is 19.4 Å². The van der Waals surface area contributed by atoms with E-state index in [9.17, 15) is 0 Å². The summed E-state index contributed by atoms with van der Waals surface area (Å²) in [5, 5.41) is 5.17. The monoisotopic (exact) mass is 548 g/mol. The first-order chi connectivity index (χ1) is 21.3. The third-order valence-corrected chi connectivity index (χ3v) is 8.40. The SMILES string of the molecule is c1ccc(-c2nc(-c3ccccc3)nc(-c3ccc(-c4ccc5c6cccc7c8ccccc8n(c5c4)c76)cc3)n2)cc1. The molecule has 0 radical (unpaired) electrons. The van der Waals surface area contributed by atoms with Gasteiger partial charge in [0.05, 0.1) is 16.6 Å². The van der Waals surface area contributed by atoms with Gasteiger partial charge >= 0.3 is 0 Å². The van der Waals surface area contributed by atoms with E-state index in [2.05, 4.69) is 89.3 Å². The van der Waals surface area contributed by atoms with Crippen molar-refractivity contribution in [2.45, 2.75) is 0 Å². The van der Waals surface area contributed by atoms with Gasteiger partial charge in [-0.05, 0) is 23.3 Å². The second-order valence-electron chi connectivity index (χ2n) is 10.9. The molecule has 3 heterocycles. The van der Waals surface area contributed by atoms with Crippen LogP contribution in [0.15, 0.2) is 146 Å². The summed E-state index contributed by atoms with van der Waals surface area (Å²) in [6.45, 7) is 0. The van der Waals surface area contributed by atoms with Crippen LogP contribution in [0.5, 0.6) is 0 Å². The third kappa shape index (κ3) is 3.74. The Morgan fingerprint density at radius 3 is 1.42 bits per heavy atom. The average molecular weight is 549 g/mol. The number of fused-ring (bicyclic) bond motifs is 6. The van der Waals surface area contributed by atoms with Gasteiger partial charge in [0.1, 0.15) is 0 Å². The zero-order valence-corrected chi connectivity index (χ0v) is 23.1. The fraction of sp³-hybridized carbons (Fsp3) is 0. The fourth-order valence-corrected chi connectivity index (χ4v) is 6.36. The van der Waals surface area contributed by atoms with Crippen molar-refractivity contribution in [3.8, 4) is 45.3 Å². The fourth-order valence-electron chi connectivity index (χ4n) is 6.36. The number of benzene rings is 6. The maximum atomic E-state index is 4.89. The van der Waals surface area contributed by atoms with Crippen molar-refractivity contribution >= 4 is 38.1 Å². The van der Waals surface area contributed by atoms with Crippen molar-refractivity contribution in [3.63, 3.8) is 0 Å². The highest BCUT2D eigenvalue weighted by molar-refractivity contribution is 6.23. The summed E-state index contributed by atoms with van der Waals surface area (Å²) in [5.41, 5.74) is 8.97. The average Bonchev–Trinajstić information content (AvgIpc) is 3.61. The molecule has 0 N–H and O–H groups in total. The van der Waals surface area contributed by atoms with Gasteiger partial charge in [0, 0.05) is 38.2 Å². The standard InChI is InChI=1S/C39H24N4/c1-3-10-26(11-4-1)37-40-38(27-12-5-2-6-13-27)42-39(41-37)28-20-18-25(19-21-28)29-22-23-31-33-16-9-15-32-30-14-7-8-17-34(30)43(36(32)33)35(31)24-29/h1-24H. The van der Waals surface area contributed by atoms with Crippen LogP contribution < -0.4 is 0 Å². The highest BCUT2D eigenvalue weighted by Crippen LogP contribution is 2.40. The molecular formula is C39H24N4. The maximum Gasteiger partial charge on any atom is 0.164 e. The van der Waals surface area contributed by atoms with Crippen LogP contribution in [-0.2, 0) is 0 Å². The van der Waals surface area contributed by atoms with E-state index in [-0.39, 0.29) is 0 Å². The minimum Gasteiger partial charge on any atom is -0.308 e. The van der Waals surface area contributed by atoms with E-state index in [4.69, 9.17) is 15.0 Å². The second kappa shape index (κ2) is 9.33.